The molecule has 1 fully saturated rings. The molecule has 0 bridgehead atoms. The Morgan fingerprint density at radius 2 is 1.91 bits per heavy atom. The Balaban J connectivity index is 1.54. The molecule has 7 nitrogen and oxygen atoms in total. The van der Waals surface area contributed by atoms with E-state index in [0.29, 0.717) is 24.2 Å². The number of fused-ring (bicyclic) bond motifs is 1. The summed E-state index contributed by atoms with van der Waals surface area (Å²) >= 11 is 7.00. The van der Waals surface area contributed by atoms with Crippen LogP contribution in [0.3, 0.4) is 0 Å². The van der Waals surface area contributed by atoms with E-state index in [0.717, 1.165) is 23.5 Å². The van der Waals surface area contributed by atoms with Crippen LogP contribution < -0.4 is 5.32 Å². The van der Waals surface area contributed by atoms with E-state index in [4.69, 9.17) is 11.6 Å². The first kappa shape index (κ1) is 23.7. The van der Waals surface area contributed by atoms with Gasteiger partial charge in [-0.25, -0.2) is 13.4 Å². The zero-order valence-corrected chi connectivity index (χ0v) is 19.2. The minimum Gasteiger partial charge on any atom is -0.507 e. The quantitative estimate of drug-likeness (QED) is 0.537. The zero-order valence-electron chi connectivity index (χ0n) is 16.8. The lowest BCUT2D eigenvalue weighted by Crippen LogP contribution is -2.39. The Morgan fingerprint density at radius 3 is 2.58 bits per heavy atom. The molecule has 176 valence electrons. The fourth-order valence-corrected chi connectivity index (χ4v) is 5.84. The lowest BCUT2D eigenvalue weighted by Gasteiger charge is -2.27. The molecule has 1 amide bonds. The van der Waals surface area contributed by atoms with Gasteiger partial charge < -0.3 is 5.11 Å². The molecule has 0 atom stereocenters. The van der Waals surface area contributed by atoms with E-state index in [2.05, 4.69) is 10.3 Å². The molecular weight excluding hydrogens is 503 g/mol. The number of benzene rings is 2. The van der Waals surface area contributed by atoms with Gasteiger partial charge in [0.15, 0.2) is 15.0 Å². The summed E-state index contributed by atoms with van der Waals surface area (Å²) in [6, 6.07) is 5.85. The average Bonchev–Trinajstić information content (AvgIpc) is 3.12. The number of phenolic OH excluding ortho intramolecular Hbond substituents is 1. The van der Waals surface area contributed by atoms with Gasteiger partial charge in [0.1, 0.15) is 5.75 Å². The Hall–Kier alpha value is -2.41. The molecule has 13 heteroatoms. The largest absolute Gasteiger partial charge is 0.507 e. The van der Waals surface area contributed by atoms with Gasteiger partial charge in [-0.1, -0.05) is 22.9 Å². The molecule has 0 radical (unpaired) electrons. The van der Waals surface area contributed by atoms with Crippen LogP contribution in [0.15, 0.2) is 30.3 Å². The lowest BCUT2D eigenvalue weighted by atomic mass is 10.1. The van der Waals surface area contributed by atoms with Crippen molar-refractivity contribution in [3.05, 3.63) is 52.0 Å². The van der Waals surface area contributed by atoms with Crippen LogP contribution >= 0.6 is 22.9 Å². The number of alkyl halides is 3. The molecule has 0 spiro atoms. The van der Waals surface area contributed by atoms with Crippen LogP contribution in [0.1, 0.15) is 21.5 Å². The number of halogens is 4. The number of thiazole rings is 1. The zero-order chi connectivity index (χ0) is 24.0. The lowest BCUT2D eigenvalue weighted by molar-refractivity contribution is -0.137. The summed E-state index contributed by atoms with van der Waals surface area (Å²) in [5.41, 5.74) is -0.304. The molecule has 0 unspecified atom stereocenters. The van der Waals surface area contributed by atoms with E-state index in [9.17, 15) is 31.5 Å². The number of nitrogens with zero attached hydrogens (tertiary/aromatic N) is 2. The Labute approximate surface area is 195 Å². The topological polar surface area (TPSA) is 99.6 Å². The molecule has 1 aliphatic rings. The van der Waals surface area contributed by atoms with Crippen molar-refractivity contribution in [2.24, 2.45) is 0 Å². The molecule has 1 aromatic heterocycles. The fourth-order valence-electron chi connectivity index (χ4n) is 3.42. The highest BCUT2D eigenvalue weighted by atomic mass is 35.5. The van der Waals surface area contributed by atoms with Crippen LogP contribution in [0.5, 0.6) is 5.75 Å². The van der Waals surface area contributed by atoms with Crippen molar-refractivity contribution in [2.45, 2.75) is 12.7 Å². The highest BCUT2D eigenvalue weighted by molar-refractivity contribution is 7.91. The van der Waals surface area contributed by atoms with E-state index in [1.54, 1.807) is 0 Å². The van der Waals surface area contributed by atoms with E-state index < -0.39 is 27.5 Å². The first-order valence-electron chi connectivity index (χ1n) is 9.64. The number of nitrogens with one attached hydrogen (secondary N) is 1. The fraction of sp³-hybridized carbons (Fsp3) is 0.300. The molecule has 0 aliphatic carbocycles. The number of amides is 1. The highest BCUT2D eigenvalue weighted by Crippen LogP contribution is 2.35. The van der Waals surface area contributed by atoms with Crippen LogP contribution in [-0.2, 0) is 22.6 Å². The number of rotatable bonds is 4. The molecule has 2 heterocycles. The summed E-state index contributed by atoms with van der Waals surface area (Å²) in [4.78, 5) is 18.7. The summed E-state index contributed by atoms with van der Waals surface area (Å²) < 4.78 is 62.2. The van der Waals surface area contributed by atoms with Crippen molar-refractivity contribution in [1.29, 1.82) is 0 Å². The molecule has 3 aromatic rings. The SMILES string of the molecule is O=C(Nc1nc2ccc(C(F)(F)F)cc2s1)c1cc(Cl)cc(CN2CCS(=O)(=O)CC2)c1O. The van der Waals surface area contributed by atoms with Gasteiger partial charge in [0.2, 0.25) is 0 Å². The van der Waals surface area contributed by atoms with Crippen molar-refractivity contribution < 1.29 is 31.5 Å². The third-order valence-corrected chi connectivity index (χ3v) is 7.93. The number of anilines is 1. The maximum absolute atomic E-state index is 12.9. The first-order valence-corrected chi connectivity index (χ1v) is 12.7. The summed E-state index contributed by atoms with van der Waals surface area (Å²) in [5, 5.41) is 13.4. The predicted molar refractivity (Wildman–Crippen MR) is 120 cm³/mol. The maximum Gasteiger partial charge on any atom is 0.416 e. The van der Waals surface area contributed by atoms with E-state index in [-0.39, 0.29) is 44.2 Å². The smallest absolute Gasteiger partial charge is 0.416 e. The predicted octanol–water partition coefficient (Wildman–Crippen LogP) is 4.16. The van der Waals surface area contributed by atoms with Crippen molar-refractivity contribution >= 4 is 54.0 Å². The van der Waals surface area contributed by atoms with Gasteiger partial charge in [0.05, 0.1) is 32.8 Å². The molecule has 33 heavy (non-hydrogen) atoms. The maximum atomic E-state index is 12.9. The van der Waals surface area contributed by atoms with E-state index in [1.807, 2.05) is 4.90 Å². The molecule has 2 aromatic carbocycles. The Bertz CT molecular complexity index is 1330. The third kappa shape index (κ3) is 5.40. The van der Waals surface area contributed by atoms with Crippen molar-refractivity contribution in [3.63, 3.8) is 0 Å². The van der Waals surface area contributed by atoms with Gasteiger partial charge in [0.25, 0.3) is 5.91 Å². The van der Waals surface area contributed by atoms with Crippen LogP contribution in [0.2, 0.25) is 5.02 Å². The second-order valence-electron chi connectivity index (χ2n) is 7.54. The molecule has 1 aliphatic heterocycles. The molecule has 1 saturated heterocycles. The number of aromatic nitrogens is 1. The number of phenols is 1. The number of aromatic hydroxyl groups is 1. The van der Waals surface area contributed by atoms with Crippen LogP contribution in [0.4, 0.5) is 18.3 Å². The van der Waals surface area contributed by atoms with Crippen LogP contribution in [0, 0.1) is 0 Å². The monoisotopic (exact) mass is 519 g/mol. The van der Waals surface area contributed by atoms with Gasteiger partial charge >= 0.3 is 6.18 Å². The molecule has 0 saturated carbocycles. The van der Waals surface area contributed by atoms with Crippen LogP contribution in [0.25, 0.3) is 10.2 Å². The number of carbonyl (C=O) groups excluding carboxylic acids is 1. The second kappa shape index (κ2) is 8.75. The summed E-state index contributed by atoms with van der Waals surface area (Å²) in [6.45, 7) is 0.784. The minimum atomic E-state index is -4.50. The number of hydrogen-bond acceptors (Lipinski definition) is 7. The van der Waals surface area contributed by atoms with Gasteiger partial charge in [-0.05, 0) is 30.3 Å². The standard InChI is InChI=1S/C20H17ClF3N3O4S2/c21-13-7-11(10-27-3-5-33(30,31)6-4-27)17(28)14(9-13)18(29)26-19-25-15-2-1-12(20(22,23)24)8-16(15)32-19/h1-2,7-9,28H,3-6,10H2,(H,25,26,29). The van der Waals surface area contributed by atoms with Crippen molar-refractivity contribution in [1.82, 2.24) is 9.88 Å². The summed E-state index contributed by atoms with van der Waals surface area (Å²) in [6.07, 6.45) is -4.50. The van der Waals surface area contributed by atoms with Gasteiger partial charge in [-0.2, -0.15) is 13.2 Å². The average molecular weight is 520 g/mol. The van der Waals surface area contributed by atoms with Crippen molar-refractivity contribution in [3.8, 4) is 5.75 Å². The molecule has 4 rings (SSSR count). The minimum absolute atomic E-state index is 0.00926. The van der Waals surface area contributed by atoms with Gasteiger partial charge in [-0.3, -0.25) is 15.0 Å². The first-order chi connectivity index (χ1) is 15.4. The van der Waals surface area contributed by atoms with Gasteiger partial charge in [-0.15, -0.1) is 0 Å². The van der Waals surface area contributed by atoms with Crippen LogP contribution in [-0.4, -0.2) is 53.9 Å². The summed E-state index contributed by atoms with van der Waals surface area (Å²) in [7, 11) is -3.07. The van der Waals surface area contributed by atoms with E-state index in [1.165, 1.54) is 18.2 Å². The highest BCUT2D eigenvalue weighted by Gasteiger charge is 2.31. The third-order valence-electron chi connectivity index (χ3n) is 5.17. The van der Waals surface area contributed by atoms with Gasteiger partial charge in [0, 0.05) is 30.2 Å². The number of hydrogen-bond donors (Lipinski definition) is 2. The normalized spacial score (nSPS) is 16.7. The molecule has 2 N–H and O–H groups in total. The summed E-state index contributed by atoms with van der Waals surface area (Å²) in [5.74, 6) is -1.02. The molecular formula is C20H17ClF3N3O4S2. The van der Waals surface area contributed by atoms with Crippen molar-refractivity contribution in [2.75, 3.05) is 29.9 Å². The number of carbonyl (C=O) groups is 1. The Morgan fingerprint density at radius 1 is 1.21 bits per heavy atom. The van der Waals surface area contributed by atoms with E-state index >= 15 is 0 Å². The number of sulfone groups is 1. The Kier molecular flexibility index (Phi) is 6.29. The second-order valence-corrected chi connectivity index (χ2v) is 11.3.